The maximum atomic E-state index is 12.3. The van der Waals surface area contributed by atoms with Crippen molar-refractivity contribution in [3.8, 4) is 0 Å². The van der Waals surface area contributed by atoms with Crippen LogP contribution in [-0.4, -0.2) is 34.7 Å². The van der Waals surface area contributed by atoms with E-state index in [1.165, 1.54) is 0 Å². The van der Waals surface area contributed by atoms with E-state index in [0.717, 1.165) is 28.7 Å². The SMILES string of the molecule is O=C(CN1CCSC1=Nc1ccc(Cl)cc1)c1ccccc1. The molecule has 5 heteroatoms. The molecule has 0 saturated carbocycles. The van der Waals surface area contributed by atoms with Crippen molar-refractivity contribution in [3.05, 3.63) is 65.2 Å². The highest BCUT2D eigenvalue weighted by atomic mass is 35.5. The third kappa shape index (κ3) is 3.70. The van der Waals surface area contributed by atoms with Gasteiger partial charge < -0.3 is 4.90 Å². The fourth-order valence-electron chi connectivity index (χ4n) is 2.20. The molecule has 1 heterocycles. The molecule has 0 aliphatic carbocycles. The van der Waals surface area contributed by atoms with Gasteiger partial charge in [0.1, 0.15) is 0 Å². The Kier molecular flexibility index (Phi) is 4.80. The summed E-state index contributed by atoms with van der Waals surface area (Å²) < 4.78 is 0. The van der Waals surface area contributed by atoms with Crippen LogP contribution in [0.4, 0.5) is 5.69 Å². The molecular formula is C17H15ClN2OS. The van der Waals surface area contributed by atoms with Crippen LogP contribution in [0.2, 0.25) is 5.02 Å². The first-order chi connectivity index (χ1) is 10.7. The maximum absolute atomic E-state index is 12.3. The smallest absolute Gasteiger partial charge is 0.182 e. The van der Waals surface area contributed by atoms with E-state index in [2.05, 4.69) is 4.99 Å². The average Bonchev–Trinajstić information content (AvgIpc) is 2.97. The van der Waals surface area contributed by atoms with Crippen molar-refractivity contribution in [1.29, 1.82) is 0 Å². The Labute approximate surface area is 139 Å². The van der Waals surface area contributed by atoms with Gasteiger partial charge in [-0.2, -0.15) is 0 Å². The molecule has 0 N–H and O–H groups in total. The highest BCUT2D eigenvalue weighted by molar-refractivity contribution is 8.14. The summed E-state index contributed by atoms with van der Waals surface area (Å²) in [5.41, 5.74) is 1.59. The predicted octanol–water partition coefficient (Wildman–Crippen LogP) is 4.26. The van der Waals surface area contributed by atoms with E-state index in [0.29, 0.717) is 11.6 Å². The first-order valence-corrected chi connectivity index (χ1v) is 8.39. The van der Waals surface area contributed by atoms with Crippen molar-refractivity contribution in [2.24, 2.45) is 4.99 Å². The Morgan fingerprint density at radius 1 is 1.14 bits per heavy atom. The summed E-state index contributed by atoms with van der Waals surface area (Å²) in [5, 5.41) is 1.59. The van der Waals surface area contributed by atoms with Gasteiger partial charge in [0.15, 0.2) is 11.0 Å². The molecule has 1 aliphatic heterocycles. The number of Topliss-reactive ketones (excluding diaryl/α,β-unsaturated/α-hetero) is 1. The predicted molar refractivity (Wildman–Crippen MR) is 93.4 cm³/mol. The minimum absolute atomic E-state index is 0.118. The van der Waals surface area contributed by atoms with Crippen LogP contribution in [-0.2, 0) is 0 Å². The summed E-state index contributed by atoms with van der Waals surface area (Å²) in [7, 11) is 0. The molecule has 0 unspecified atom stereocenters. The van der Waals surface area contributed by atoms with Gasteiger partial charge in [0.05, 0.1) is 12.2 Å². The largest absolute Gasteiger partial charge is 0.343 e. The van der Waals surface area contributed by atoms with E-state index in [9.17, 15) is 4.79 Å². The Hall–Kier alpha value is -1.78. The second kappa shape index (κ2) is 6.99. The molecule has 22 heavy (non-hydrogen) atoms. The van der Waals surface area contributed by atoms with E-state index in [4.69, 9.17) is 11.6 Å². The summed E-state index contributed by atoms with van der Waals surface area (Å²) in [6.07, 6.45) is 0. The Morgan fingerprint density at radius 3 is 2.59 bits per heavy atom. The number of amidine groups is 1. The minimum Gasteiger partial charge on any atom is -0.343 e. The summed E-state index contributed by atoms with van der Waals surface area (Å²) in [6.45, 7) is 1.21. The highest BCUT2D eigenvalue weighted by Gasteiger charge is 2.22. The van der Waals surface area contributed by atoms with Crippen LogP contribution >= 0.6 is 23.4 Å². The van der Waals surface area contributed by atoms with E-state index in [1.807, 2.05) is 59.5 Å². The molecule has 1 saturated heterocycles. The first-order valence-electron chi connectivity index (χ1n) is 7.02. The van der Waals surface area contributed by atoms with Crippen LogP contribution in [0, 0.1) is 0 Å². The second-order valence-electron chi connectivity index (χ2n) is 4.93. The van der Waals surface area contributed by atoms with Gasteiger partial charge in [-0.3, -0.25) is 4.79 Å². The molecule has 2 aromatic rings. The number of halogens is 1. The molecule has 1 aliphatic rings. The number of carbonyl (C=O) groups is 1. The molecule has 0 radical (unpaired) electrons. The van der Waals surface area contributed by atoms with Crippen molar-refractivity contribution >= 4 is 40.0 Å². The summed E-state index contributed by atoms with van der Waals surface area (Å²) >= 11 is 7.56. The van der Waals surface area contributed by atoms with Crippen molar-refractivity contribution in [2.45, 2.75) is 0 Å². The zero-order valence-electron chi connectivity index (χ0n) is 11.9. The lowest BCUT2D eigenvalue weighted by molar-refractivity contribution is 0.0967. The number of benzene rings is 2. The molecule has 0 aromatic heterocycles. The van der Waals surface area contributed by atoms with Gasteiger partial charge in [-0.1, -0.05) is 53.7 Å². The number of rotatable bonds is 4. The number of aliphatic imine (C=N–C) groups is 1. The third-order valence-electron chi connectivity index (χ3n) is 3.34. The lowest BCUT2D eigenvalue weighted by Gasteiger charge is -2.16. The molecule has 1 fully saturated rings. The number of hydrogen-bond acceptors (Lipinski definition) is 3. The maximum Gasteiger partial charge on any atom is 0.182 e. The average molecular weight is 331 g/mol. The van der Waals surface area contributed by atoms with Crippen LogP contribution in [0.3, 0.4) is 0 Å². The second-order valence-corrected chi connectivity index (χ2v) is 6.43. The molecule has 112 valence electrons. The van der Waals surface area contributed by atoms with Crippen molar-refractivity contribution < 1.29 is 4.79 Å². The number of hydrogen-bond donors (Lipinski definition) is 0. The Bertz CT molecular complexity index is 686. The Balaban J connectivity index is 1.73. The van der Waals surface area contributed by atoms with Gasteiger partial charge in [-0.25, -0.2) is 4.99 Å². The van der Waals surface area contributed by atoms with Gasteiger partial charge in [0.2, 0.25) is 0 Å². The molecule has 0 bridgehead atoms. The standard InChI is InChI=1S/C17H15ClN2OS/c18-14-6-8-15(9-7-14)19-17-20(10-11-22-17)12-16(21)13-4-2-1-3-5-13/h1-9H,10-12H2. The molecular weight excluding hydrogens is 316 g/mol. The number of nitrogens with zero attached hydrogens (tertiary/aromatic N) is 2. The Morgan fingerprint density at radius 2 is 1.86 bits per heavy atom. The van der Waals surface area contributed by atoms with Crippen molar-refractivity contribution in [1.82, 2.24) is 4.90 Å². The van der Waals surface area contributed by atoms with E-state index in [-0.39, 0.29) is 5.78 Å². The fraction of sp³-hybridized carbons (Fsp3) is 0.176. The van der Waals surface area contributed by atoms with Crippen LogP contribution < -0.4 is 0 Å². The van der Waals surface area contributed by atoms with Crippen molar-refractivity contribution in [2.75, 3.05) is 18.8 Å². The number of ketones is 1. The fourth-order valence-corrected chi connectivity index (χ4v) is 3.33. The van der Waals surface area contributed by atoms with Crippen LogP contribution in [0.1, 0.15) is 10.4 Å². The molecule has 0 spiro atoms. The zero-order valence-corrected chi connectivity index (χ0v) is 13.5. The number of thioether (sulfide) groups is 1. The normalized spacial score (nSPS) is 16.2. The topological polar surface area (TPSA) is 32.7 Å². The van der Waals surface area contributed by atoms with Crippen LogP contribution in [0.5, 0.6) is 0 Å². The lowest BCUT2D eigenvalue weighted by Crippen LogP contribution is -2.30. The molecule has 0 amide bonds. The third-order valence-corrected chi connectivity index (χ3v) is 4.59. The molecule has 3 rings (SSSR count). The zero-order chi connectivity index (χ0) is 15.4. The summed E-state index contributed by atoms with van der Waals surface area (Å²) in [4.78, 5) is 19.0. The van der Waals surface area contributed by atoms with Gasteiger partial charge in [0.25, 0.3) is 0 Å². The number of carbonyl (C=O) groups excluding carboxylic acids is 1. The lowest BCUT2D eigenvalue weighted by atomic mass is 10.1. The summed E-state index contributed by atoms with van der Waals surface area (Å²) in [6, 6.07) is 16.8. The van der Waals surface area contributed by atoms with Crippen LogP contribution in [0.15, 0.2) is 59.6 Å². The summed E-state index contributed by atoms with van der Waals surface area (Å²) in [5.74, 6) is 1.07. The van der Waals surface area contributed by atoms with Crippen LogP contribution in [0.25, 0.3) is 0 Å². The van der Waals surface area contributed by atoms with Gasteiger partial charge in [-0.05, 0) is 24.3 Å². The van der Waals surface area contributed by atoms with Gasteiger partial charge in [0, 0.05) is 22.9 Å². The van der Waals surface area contributed by atoms with Gasteiger partial charge >= 0.3 is 0 Å². The van der Waals surface area contributed by atoms with E-state index >= 15 is 0 Å². The first kappa shape index (κ1) is 15.1. The van der Waals surface area contributed by atoms with E-state index in [1.54, 1.807) is 11.8 Å². The van der Waals surface area contributed by atoms with Crippen molar-refractivity contribution in [3.63, 3.8) is 0 Å². The molecule has 2 aromatic carbocycles. The van der Waals surface area contributed by atoms with Gasteiger partial charge in [-0.15, -0.1) is 0 Å². The highest BCUT2D eigenvalue weighted by Crippen LogP contribution is 2.24. The minimum atomic E-state index is 0.118. The monoisotopic (exact) mass is 330 g/mol. The molecule has 3 nitrogen and oxygen atoms in total. The van der Waals surface area contributed by atoms with E-state index < -0.39 is 0 Å². The quantitative estimate of drug-likeness (QED) is 0.785. The molecule has 0 atom stereocenters.